The molecule has 0 atom stereocenters. The molecule has 0 saturated heterocycles. The van der Waals surface area contributed by atoms with E-state index in [1.807, 2.05) is 36.4 Å². The van der Waals surface area contributed by atoms with Crippen LogP contribution in [0.1, 0.15) is 20.7 Å². The Hall–Kier alpha value is -4.52. The average molecular weight is 428 g/mol. The van der Waals surface area contributed by atoms with Gasteiger partial charge in [0, 0.05) is 24.2 Å². The molecule has 0 radical (unpaired) electrons. The van der Waals surface area contributed by atoms with Crippen molar-refractivity contribution < 1.29 is 24.5 Å². The molecule has 0 amide bonds. The van der Waals surface area contributed by atoms with Gasteiger partial charge in [-0.2, -0.15) is 0 Å². The summed E-state index contributed by atoms with van der Waals surface area (Å²) in [5.74, 6) is -1.11. The summed E-state index contributed by atoms with van der Waals surface area (Å²) in [4.78, 5) is 29.3. The molecule has 2 aromatic heterocycles. The molecular weight excluding hydrogens is 408 g/mol. The summed E-state index contributed by atoms with van der Waals surface area (Å²) in [7, 11) is 1.61. The Morgan fingerprint density at radius 1 is 0.688 bits per heavy atom. The summed E-state index contributed by atoms with van der Waals surface area (Å²) in [6.45, 7) is 0. The van der Waals surface area contributed by atoms with Gasteiger partial charge >= 0.3 is 11.9 Å². The Bertz CT molecular complexity index is 1170. The van der Waals surface area contributed by atoms with E-state index in [0.717, 1.165) is 28.1 Å². The maximum Gasteiger partial charge on any atom is 0.337 e. The molecule has 0 aliphatic heterocycles. The van der Waals surface area contributed by atoms with Gasteiger partial charge in [-0.05, 0) is 71.8 Å². The van der Waals surface area contributed by atoms with Crippen LogP contribution in [0.3, 0.4) is 0 Å². The molecule has 7 heteroatoms. The number of nitrogens with zero attached hydrogens (tertiary/aromatic N) is 2. The number of carboxylic acid groups (broad SMARTS) is 2. The van der Waals surface area contributed by atoms with Crippen molar-refractivity contribution in [1.82, 2.24) is 9.97 Å². The first kappa shape index (κ1) is 22.2. The first-order valence-corrected chi connectivity index (χ1v) is 9.55. The molecule has 32 heavy (non-hydrogen) atoms. The van der Waals surface area contributed by atoms with Gasteiger partial charge < -0.3 is 14.9 Å². The largest absolute Gasteiger partial charge is 0.497 e. The minimum Gasteiger partial charge on any atom is -0.497 e. The van der Waals surface area contributed by atoms with Gasteiger partial charge in [0.25, 0.3) is 0 Å². The second kappa shape index (κ2) is 10.5. The van der Waals surface area contributed by atoms with Crippen LogP contribution in [0, 0.1) is 0 Å². The maximum absolute atomic E-state index is 10.7. The Labute approximate surface area is 184 Å². The third kappa shape index (κ3) is 5.76. The monoisotopic (exact) mass is 428 g/mol. The molecule has 0 spiro atoms. The lowest BCUT2D eigenvalue weighted by atomic mass is 10.1. The highest BCUT2D eigenvalue weighted by Crippen LogP contribution is 2.21. The fraction of sp³-hybridized carbons (Fsp3) is 0.0400. The van der Waals surface area contributed by atoms with E-state index in [0.29, 0.717) is 5.56 Å². The number of benzene rings is 2. The molecule has 0 bridgehead atoms. The Kier molecular flexibility index (Phi) is 7.27. The molecular formula is C25H20N2O5. The van der Waals surface area contributed by atoms with E-state index in [-0.39, 0.29) is 5.56 Å². The molecule has 0 aliphatic carbocycles. The highest BCUT2D eigenvalue weighted by molar-refractivity contribution is 5.88. The van der Waals surface area contributed by atoms with Gasteiger partial charge in [-0.1, -0.05) is 12.1 Å². The fourth-order valence-corrected chi connectivity index (χ4v) is 2.80. The zero-order valence-electron chi connectivity index (χ0n) is 17.2. The number of hydrogen-bond acceptors (Lipinski definition) is 5. The highest BCUT2D eigenvalue weighted by atomic mass is 16.5. The van der Waals surface area contributed by atoms with Crippen molar-refractivity contribution in [2.75, 3.05) is 7.11 Å². The Morgan fingerprint density at radius 3 is 1.72 bits per heavy atom. The van der Waals surface area contributed by atoms with E-state index < -0.39 is 11.9 Å². The lowest BCUT2D eigenvalue weighted by Crippen LogP contribution is -1.97. The van der Waals surface area contributed by atoms with Gasteiger partial charge in [-0.3, -0.25) is 9.97 Å². The van der Waals surface area contributed by atoms with E-state index in [1.165, 1.54) is 12.3 Å². The lowest BCUT2D eigenvalue weighted by molar-refractivity contribution is 0.0686. The zero-order valence-corrected chi connectivity index (χ0v) is 17.2. The maximum atomic E-state index is 10.7. The zero-order chi connectivity index (χ0) is 22.9. The van der Waals surface area contributed by atoms with Gasteiger partial charge in [-0.25, -0.2) is 9.59 Å². The van der Waals surface area contributed by atoms with Gasteiger partial charge in [0.05, 0.1) is 23.9 Å². The van der Waals surface area contributed by atoms with Gasteiger partial charge in [0.1, 0.15) is 5.75 Å². The molecule has 4 aromatic rings. The van der Waals surface area contributed by atoms with Crippen LogP contribution in [0.5, 0.6) is 5.75 Å². The lowest BCUT2D eigenvalue weighted by Gasteiger charge is -2.03. The highest BCUT2D eigenvalue weighted by Gasteiger charge is 2.05. The number of ether oxygens (including phenoxy) is 1. The van der Waals surface area contributed by atoms with Crippen LogP contribution in [0.2, 0.25) is 0 Å². The van der Waals surface area contributed by atoms with E-state index in [1.54, 1.807) is 49.8 Å². The third-order valence-electron chi connectivity index (χ3n) is 4.54. The van der Waals surface area contributed by atoms with Crippen molar-refractivity contribution in [3.05, 3.63) is 103 Å². The standard InChI is InChI=1S/C13H11NO3.C12H9NO2/c1-17-11-5-2-9(3-6-11)12-7-4-10(8-14-12)13(15)16;14-12(15)11-3-1-9(2-4-11)10-5-7-13-8-6-10/h2-8H,1H3,(H,15,16);1-8H,(H,14,15). The SMILES string of the molecule is COc1ccc(-c2ccc(C(=O)O)cn2)cc1.O=C(O)c1ccc(-c2ccncc2)cc1. The van der Waals surface area contributed by atoms with Crippen molar-refractivity contribution in [2.24, 2.45) is 0 Å². The second-order valence-corrected chi connectivity index (χ2v) is 6.58. The molecule has 0 aliphatic rings. The second-order valence-electron chi connectivity index (χ2n) is 6.58. The topological polar surface area (TPSA) is 110 Å². The number of carboxylic acids is 2. The van der Waals surface area contributed by atoms with Crippen LogP contribution in [-0.4, -0.2) is 39.2 Å². The first-order valence-electron chi connectivity index (χ1n) is 9.55. The fourth-order valence-electron chi connectivity index (χ4n) is 2.80. The number of rotatable bonds is 5. The van der Waals surface area contributed by atoms with Crippen LogP contribution in [0.15, 0.2) is 91.4 Å². The predicted molar refractivity (Wildman–Crippen MR) is 120 cm³/mol. The number of pyridine rings is 2. The molecule has 4 rings (SSSR count). The number of carbonyl (C=O) groups is 2. The van der Waals surface area contributed by atoms with Crippen molar-refractivity contribution in [1.29, 1.82) is 0 Å². The third-order valence-corrected chi connectivity index (χ3v) is 4.54. The molecule has 2 heterocycles. The van der Waals surface area contributed by atoms with Crippen molar-refractivity contribution in [3.63, 3.8) is 0 Å². The van der Waals surface area contributed by atoms with Gasteiger partial charge in [0.2, 0.25) is 0 Å². The van der Waals surface area contributed by atoms with E-state index >= 15 is 0 Å². The Balaban J connectivity index is 0.000000182. The van der Waals surface area contributed by atoms with Crippen LogP contribution in [0.25, 0.3) is 22.4 Å². The van der Waals surface area contributed by atoms with Crippen molar-refractivity contribution in [2.45, 2.75) is 0 Å². The van der Waals surface area contributed by atoms with E-state index in [4.69, 9.17) is 14.9 Å². The summed E-state index contributed by atoms with van der Waals surface area (Å²) in [6.07, 6.45) is 4.77. The van der Waals surface area contributed by atoms with Crippen LogP contribution >= 0.6 is 0 Å². The quantitative estimate of drug-likeness (QED) is 0.465. The normalized spacial score (nSPS) is 9.91. The molecule has 7 nitrogen and oxygen atoms in total. The average Bonchev–Trinajstić information content (AvgIpc) is 2.85. The van der Waals surface area contributed by atoms with Gasteiger partial charge in [0.15, 0.2) is 0 Å². The molecule has 0 fully saturated rings. The number of aromatic nitrogens is 2. The van der Waals surface area contributed by atoms with Crippen molar-refractivity contribution >= 4 is 11.9 Å². The molecule has 2 N–H and O–H groups in total. The number of methoxy groups -OCH3 is 1. The molecule has 0 saturated carbocycles. The Morgan fingerprint density at radius 2 is 1.22 bits per heavy atom. The summed E-state index contributed by atoms with van der Waals surface area (Å²) in [5, 5.41) is 17.5. The van der Waals surface area contributed by atoms with Gasteiger partial charge in [-0.15, -0.1) is 0 Å². The van der Waals surface area contributed by atoms with Crippen LogP contribution < -0.4 is 4.74 Å². The molecule has 160 valence electrons. The summed E-state index contributed by atoms with van der Waals surface area (Å²) in [5.41, 5.74) is 4.15. The molecule has 2 aromatic carbocycles. The molecule has 0 unspecified atom stereocenters. The summed E-state index contributed by atoms with van der Waals surface area (Å²) >= 11 is 0. The number of hydrogen-bond donors (Lipinski definition) is 2. The van der Waals surface area contributed by atoms with Crippen molar-refractivity contribution in [3.8, 4) is 28.1 Å². The smallest absolute Gasteiger partial charge is 0.337 e. The minimum absolute atomic E-state index is 0.183. The number of aromatic carboxylic acids is 2. The minimum atomic E-state index is -0.973. The first-order chi connectivity index (χ1) is 15.5. The summed E-state index contributed by atoms with van der Waals surface area (Å²) < 4.78 is 5.06. The summed E-state index contributed by atoms with van der Waals surface area (Å²) in [6, 6.07) is 21.2. The van der Waals surface area contributed by atoms with Crippen LogP contribution in [-0.2, 0) is 0 Å². The van der Waals surface area contributed by atoms with Crippen LogP contribution in [0.4, 0.5) is 0 Å². The van der Waals surface area contributed by atoms with E-state index in [9.17, 15) is 9.59 Å². The van der Waals surface area contributed by atoms with E-state index in [2.05, 4.69) is 9.97 Å². The predicted octanol–water partition coefficient (Wildman–Crippen LogP) is 4.90.